The summed E-state index contributed by atoms with van der Waals surface area (Å²) in [6.07, 6.45) is 10.8. The molecule has 0 amide bonds. The molecule has 2 rings (SSSR count). The Morgan fingerprint density at radius 1 is 1.07 bits per heavy atom. The van der Waals surface area contributed by atoms with E-state index in [-0.39, 0.29) is 0 Å². The van der Waals surface area contributed by atoms with Crippen LogP contribution in [0.2, 0.25) is 0 Å². The first kappa shape index (κ1) is 11.4. The lowest BCUT2D eigenvalue weighted by Crippen LogP contribution is -2.30. The first-order valence-electron chi connectivity index (χ1n) is 6.64. The highest BCUT2D eigenvalue weighted by molar-refractivity contribution is 4.82. The van der Waals surface area contributed by atoms with Crippen LogP contribution in [0.1, 0.15) is 51.4 Å². The van der Waals surface area contributed by atoms with Crippen molar-refractivity contribution in [2.75, 3.05) is 13.2 Å². The van der Waals surface area contributed by atoms with Gasteiger partial charge in [-0.15, -0.1) is 0 Å². The summed E-state index contributed by atoms with van der Waals surface area (Å²) in [6, 6.07) is 0. The average molecular weight is 212 g/mol. The van der Waals surface area contributed by atoms with E-state index in [1.807, 2.05) is 0 Å². The van der Waals surface area contributed by atoms with Crippen molar-refractivity contribution in [2.24, 2.45) is 11.8 Å². The molecular formula is C13H24O2. The van der Waals surface area contributed by atoms with Crippen LogP contribution in [0, 0.1) is 11.8 Å². The highest BCUT2D eigenvalue weighted by Crippen LogP contribution is 2.37. The molecule has 2 nitrogen and oxygen atoms in total. The van der Waals surface area contributed by atoms with E-state index < -0.39 is 0 Å². The van der Waals surface area contributed by atoms with E-state index in [1.54, 1.807) is 0 Å². The summed E-state index contributed by atoms with van der Waals surface area (Å²) < 4.78 is 5.81. The van der Waals surface area contributed by atoms with E-state index in [0.29, 0.717) is 18.6 Å². The number of aliphatic hydroxyl groups is 1. The molecule has 2 aliphatic rings. The predicted octanol–water partition coefficient (Wildman–Crippen LogP) is 2.74. The van der Waals surface area contributed by atoms with E-state index in [1.165, 1.54) is 44.9 Å². The second-order valence-corrected chi connectivity index (χ2v) is 5.13. The minimum Gasteiger partial charge on any atom is -0.396 e. The third-order valence-electron chi connectivity index (χ3n) is 4.16. The van der Waals surface area contributed by atoms with Crippen molar-refractivity contribution in [3.8, 4) is 0 Å². The molecule has 1 saturated heterocycles. The minimum atomic E-state index is 0.334. The third-order valence-corrected chi connectivity index (χ3v) is 4.16. The summed E-state index contributed by atoms with van der Waals surface area (Å²) in [5.74, 6) is 1.46. The Balaban J connectivity index is 1.90. The van der Waals surface area contributed by atoms with Crippen LogP contribution in [0.25, 0.3) is 0 Å². The molecule has 2 unspecified atom stereocenters. The molecule has 2 heteroatoms. The zero-order chi connectivity index (χ0) is 10.5. The van der Waals surface area contributed by atoms with E-state index in [2.05, 4.69) is 0 Å². The van der Waals surface area contributed by atoms with Crippen LogP contribution in [0.15, 0.2) is 0 Å². The van der Waals surface area contributed by atoms with Gasteiger partial charge >= 0.3 is 0 Å². The quantitative estimate of drug-likeness (QED) is 0.776. The standard InChI is InChI=1S/C13H24O2/c14-9-8-12(13-7-4-10-15-13)11-5-2-1-3-6-11/h11-14H,1-10H2. The number of ether oxygens (including phenoxy) is 1. The maximum absolute atomic E-state index is 9.17. The first-order chi connectivity index (χ1) is 7.42. The minimum absolute atomic E-state index is 0.334. The van der Waals surface area contributed by atoms with Crippen molar-refractivity contribution in [1.82, 2.24) is 0 Å². The summed E-state index contributed by atoms with van der Waals surface area (Å²) in [7, 11) is 0. The molecule has 0 bridgehead atoms. The molecule has 1 aliphatic heterocycles. The molecule has 0 radical (unpaired) electrons. The average Bonchev–Trinajstić information content (AvgIpc) is 2.80. The lowest BCUT2D eigenvalue weighted by atomic mass is 9.75. The second kappa shape index (κ2) is 5.86. The number of hydrogen-bond acceptors (Lipinski definition) is 2. The fraction of sp³-hybridized carbons (Fsp3) is 1.00. The van der Waals surface area contributed by atoms with Crippen molar-refractivity contribution < 1.29 is 9.84 Å². The molecule has 0 spiro atoms. The van der Waals surface area contributed by atoms with Crippen LogP contribution >= 0.6 is 0 Å². The molecule has 1 heterocycles. The maximum atomic E-state index is 9.17. The normalized spacial score (nSPS) is 30.6. The van der Waals surface area contributed by atoms with Crippen molar-refractivity contribution in [3.63, 3.8) is 0 Å². The van der Waals surface area contributed by atoms with Gasteiger partial charge in [0.05, 0.1) is 6.10 Å². The van der Waals surface area contributed by atoms with Crippen molar-refractivity contribution in [3.05, 3.63) is 0 Å². The van der Waals surface area contributed by atoms with Crippen LogP contribution in [0.4, 0.5) is 0 Å². The van der Waals surface area contributed by atoms with Gasteiger partial charge < -0.3 is 9.84 Å². The molecule has 1 N–H and O–H groups in total. The Morgan fingerprint density at radius 2 is 1.87 bits per heavy atom. The smallest absolute Gasteiger partial charge is 0.0607 e. The van der Waals surface area contributed by atoms with E-state index in [0.717, 1.165) is 18.9 Å². The van der Waals surface area contributed by atoms with Crippen molar-refractivity contribution >= 4 is 0 Å². The molecule has 2 fully saturated rings. The van der Waals surface area contributed by atoms with Crippen LogP contribution < -0.4 is 0 Å². The predicted molar refractivity (Wildman–Crippen MR) is 60.7 cm³/mol. The zero-order valence-electron chi connectivity index (χ0n) is 9.66. The highest BCUT2D eigenvalue weighted by Gasteiger charge is 2.32. The maximum Gasteiger partial charge on any atom is 0.0607 e. The summed E-state index contributed by atoms with van der Waals surface area (Å²) in [5, 5.41) is 9.17. The van der Waals surface area contributed by atoms with Crippen LogP contribution in [0.5, 0.6) is 0 Å². The molecule has 2 atom stereocenters. The van der Waals surface area contributed by atoms with Gasteiger partial charge in [-0.3, -0.25) is 0 Å². The van der Waals surface area contributed by atoms with E-state index >= 15 is 0 Å². The van der Waals surface area contributed by atoms with Gasteiger partial charge in [-0.05, 0) is 31.1 Å². The molecular weight excluding hydrogens is 188 g/mol. The summed E-state index contributed by atoms with van der Waals surface area (Å²) >= 11 is 0. The Labute approximate surface area is 93.0 Å². The van der Waals surface area contributed by atoms with Gasteiger partial charge in [-0.2, -0.15) is 0 Å². The lowest BCUT2D eigenvalue weighted by molar-refractivity contribution is 0.0169. The molecule has 0 aromatic heterocycles. The van der Waals surface area contributed by atoms with E-state index in [9.17, 15) is 5.11 Å². The monoisotopic (exact) mass is 212 g/mol. The van der Waals surface area contributed by atoms with E-state index in [4.69, 9.17) is 4.74 Å². The Hall–Kier alpha value is -0.0800. The molecule has 0 aromatic carbocycles. The second-order valence-electron chi connectivity index (χ2n) is 5.13. The van der Waals surface area contributed by atoms with Crippen LogP contribution in [-0.4, -0.2) is 24.4 Å². The molecule has 0 aromatic rings. The summed E-state index contributed by atoms with van der Waals surface area (Å²) in [5.41, 5.74) is 0. The molecule has 1 aliphatic carbocycles. The van der Waals surface area contributed by atoms with Gasteiger partial charge in [0.25, 0.3) is 0 Å². The van der Waals surface area contributed by atoms with Crippen LogP contribution in [0.3, 0.4) is 0 Å². The number of rotatable bonds is 4. The van der Waals surface area contributed by atoms with Gasteiger partial charge in [0.15, 0.2) is 0 Å². The van der Waals surface area contributed by atoms with Gasteiger partial charge in [0.2, 0.25) is 0 Å². The molecule has 88 valence electrons. The van der Waals surface area contributed by atoms with Crippen molar-refractivity contribution in [1.29, 1.82) is 0 Å². The van der Waals surface area contributed by atoms with Crippen molar-refractivity contribution in [2.45, 2.75) is 57.5 Å². The Bertz CT molecular complexity index is 169. The fourth-order valence-corrected chi connectivity index (χ4v) is 3.38. The summed E-state index contributed by atoms with van der Waals surface area (Å²) in [6.45, 7) is 1.28. The zero-order valence-corrected chi connectivity index (χ0v) is 9.66. The third kappa shape index (κ3) is 2.94. The first-order valence-corrected chi connectivity index (χ1v) is 6.64. The fourth-order valence-electron chi connectivity index (χ4n) is 3.38. The lowest BCUT2D eigenvalue weighted by Gasteiger charge is -2.33. The number of hydrogen-bond donors (Lipinski definition) is 1. The van der Waals surface area contributed by atoms with Gasteiger partial charge in [0, 0.05) is 13.2 Å². The topological polar surface area (TPSA) is 29.5 Å². The highest BCUT2D eigenvalue weighted by atomic mass is 16.5. The molecule has 1 saturated carbocycles. The Kier molecular flexibility index (Phi) is 4.45. The Morgan fingerprint density at radius 3 is 2.47 bits per heavy atom. The number of aliphatic hydroxyl groups excluding tert-OH is 1. The van der Waals surface area contributed by atoms with Gasteiger partial charge in [-0.1, -0.05) is 32.1 Å². The van der Waals surface area contributed by atoms with Gasteiger partial charge in [-0.25, -0.2) is 0 Å². The SMILES string of the molecule is OCCC(C1CCCCC1)C1CCCO1. The largest absolute Gasteiger partial charge is 0.396 e. The summed E-state index contributed by atoms with van der Waals surface area (Å²) in [4.78, 5) is 0. The molecule has 15 heavy (non-hydrogen) atoms. The van der Waals surface area contributed by atoms with Crippen LogP contribution in [-0.2, 0) is 4.74 Å². The van der Waals surface area contributed by atoms with Gasteiger partial charge in [0.1, 0.15) is 0 Å².